The minimum absolute atomic E-state index is 0.157. The summed E-state index contributed by atoms with van der Waals surface area (Å²) in [7, 11) is 0. The molecule has 0 spiro atoms. The maximum atomic E-state index is 16.5. The number of H-pyrrole nitrogens is 1. The van der Waals surface area contributed by atoms with Gasteiger partial charge in [0.15, 0.2) is 5.82 Å². The summed E-state index contributed by atoms with van der Waals surface area (Å²) in [6, 6.07) is 15.0. The fourth-order valence-electron chi connectivity index (χ4n) is 5.53. The highest BCUT2D eigenvalue weighted by molar-refractivity contribution is 6.16. The Hall–Kier alpha value is -4.70. The normalized spacial score (nSPS) is 16.5. The number of aromatic amines is 1. The van der Waals surface area contributed by atoms with E-state index in [0.29, 0.717) is 46.9 Å². The van der Waals surface area contributed by atoms with E-state index in [1.807, 2.05) is 36.4 Å². The molecule has 10 heteroatoms. The zero-order valence-electron chi connectivity index (χ0n) is 21.9. The maximum absolute atomic E-state index is 16.5. The average Bonchev–Trinajstić information content (AvgIpc) is 3.48. The first-order valence-corrected chi connectivity index (χ1v) is 13.3. The lowest BCUT2D eigenvalue weighted by Gasteiger charge is -2.16. The van der Waals surface area contributed by atoms with Crippen LogP contribution in [0.1, 0.15) is 28.9 Å². The second kappa shape index (κ2) is 10.0. The predicted octanol–water partition coefficient (Wildman–Crippen LogP) is 6.05. The van der Waals surface area contributed by atoms with E-state index in [1.165, 1.54) is 6.34 Å². The van der Waals surface area contributed by atoms with Crippen LogP contribution in [-0.4, -0.2) is 55.9 Å². The Labute approximate surface area is 233 Å². The minimum Gasteiger partial charge on any atom is -0.337 e. The molecule has 0 saturated carbocycles. The van der Waals surface area contributed by atoms with Crippen LogP contribution in [0.3, 0.4) is 0 Å². The molecule has 3 aromatic heterocycles. The molecule has 0 radical (unpaired) electrons. The molecule has 0 aliphatic carbocycles. The summed E-state index contributed by atoms with van der Waals surface area (Å²) >= 11 is 0. The van der Waals surface area contributed by atoms with Crippen molar-refractivity contribution < 1.29 is 13.2 Å². The number of benzene rings is 2. The van der Waals surface area contributed by atoms with E-state index in [2.05, 4.69) is 24.9 Å². The van der Waals surface area contributed by atoms with Crippen molar-refractivity contribution in [3.05, 3.63) is 102 Å². The first-order chi connectivity index (χ1) is 19.9. The molecule has 0 atom stereocenters. The van der Waals surface area contributed by atoms with E-state index >= 15 is 4.39 Å². The van der Waals surface area contributed by atoms with Gasteiger partial charge in [-0.05, 0) is 29.3 Å². The molecule has 7 rings (SSSR count). The zero-order valence-corrected chi connectivity index (χ0v) is 21.9. The number of halogens is 3. The number of nitrogens with one attached hydrogen (secondary N) is 1. The molecular formula is C31H24F3N7. The highest BCUT2D eigenvalue weighted by Crippen LogP contribution is 2.33. The van der Waals surface area contributed by atoms with Crippen molar-refractivity contribution in [2.24, 2.45) is 9.98 Å². The second-order valence-corrected chi connectivity index (χ2v) is 10.3. The summed E-state index contributed by atoms with van der Waals surface area (Å²) < 4.78 is 43.9. The molecule has 1 saturated heterocycles. The number of hydrogen-bond acceptors (Lipinski definition) is 6. The summed E-state index contributed by atoms with van der Waals surface area (Å²) in [6.45, 7) is 0.610. The summed E-state index contributed by atoms with van der Waals surface area (Å²) in [6.07, 6.45) is 7.98. The van der Waals surface area contributed by atoms with Crippen molar-refractivity contribution in [3.8, 4) is 22.3 Å². The van der Waals surface area contributed by atoms with E-state index in [0.717, 1.165) is 27.7 Å². The van der Waals surface area contributed by atoms with Crippen molar-refractivity contribution in [1.82, 2.24) is 24.8 Å². The minimum atomic E-state index is -2.68. The number of nitrogens with zero attached hydrogens (tertiary/aromatic N) is 6. The fourth-order valence-corrected chi connectivity index (χ4v) is 5.53. The van der Waals surface area contributed by atoms with Crippen molar-refractivity contribution in [2.75, 3.05) is 13.1 Å². The van der Waals surface area contributed by atoms with Gasteiger partial charge in [0, 0.05) is 72.1 Å². The third-order valence-electron chi connectivity index (χ3n) is 7.47. The molecule has 5 heterocycles. The number of imidazole rings is 1. The lowest BCUT2D eigenvalue weighted by molar-refractivity contribution is 0.0115. The standard InChI is InChI=1S/C31H24F3N7/c32-27-23(22-11-19(12-36-15-22)16-41-10-8-31(33,34)17-41)7-6-21-14-37-18-38-29(26(21)27)30-39-25-5-1-4-24(28(25)40-30)20-3-2-9-35-13-20/h1-7,9,11-13,15,18H,8,10,14,16-17H2,(H,39,40). The highest BCUT2D eigenvalue weighted by atomic mass is 19.3. The van der Waals surface area contributed by atoms with Crippen LogP contribution in [-0.2, 0) is 13.1 Å². The number of rotatable bonds is 5. The molecule has 2 aromatic carbocycles. The van der Waals surface area contributed by atoms with Crippen LogP contribution >= 0.6 is 0 Å². The van der Waals surface area contributed by atoms with E-state index in [1.54, 1.807) is 41.8 Å². The number of likely N-dealkylation sites (tertiary alicyclic amines) is 1. The van der Waals surface area contributed by atoms with Gasteiger partial charge in [-0.15, -0.1) is 0 Å². The third-order valence-corrected chi connectivity index (χ3v) is 7.47. The summed E-state index contributed by atoms with van der Waals surface area (Å²) in [5.74, 6) is -2.73. The SMILES string of the molecule is Fc1c(-c2cncc(CN3CCC(F)(F)C3)c2)ccc2c1C(c1nc3c(-c4cccnc4)cccc3[nH]1)=NC=NC2. The van der Waals surface area contributed by atoms with Gasteiger partial charge >= 0.3 is 0 Å². The maximum Gasteiger partial charge on any atom is 0.261 e. The lowest BCUT2D eigenvalue weighted by Crippen LogP contribution is -2.24. The third kappa shape index (κ3) is 4.80. The van der Waals surface area contributed by atoms with Crippen LogP contribution in [0.5, 0.6) is 0 Å². The molecule has 0 unspecified atom stereocenters. The number of pyridine rings is 2. The van der Waals surface area contributed by atoms with Crippen LogP contribution in [0.15, 0.2) is 83.3 Å². The Morgan fingerprint density at radius 2 is 1.85 bits per heavy atom. The summed E-state index contributed by atoms with van der Waals surface area (Å²) in [4.78, 5) is 27.2. The first kappa shape index (κ1) is 25.3. The van der Waals surface area contributed by atoms with Gasteiger partial charge < -0.3 is 4.98 Å². The summed E-state index contributed by atoms with van der Waals surface area (Å²) in [5, 5.41) is 0. The average molecular weight is 552 g/mol. The monoisotopic (exact) mass is 551 g/mol. The van der Waals surface area contributed by atoms with Gasteiger partial charge in [-0.1, -0.05) is 30.3 Å². The molecular weight excluding hydrogens is 527 g/mol. The number of para-hydroxylation sites is 1. The zero-order chi connectivity index (χ0) is 28.0. The molecule has 1 N–H and O–H groups in total. The van der Waals surface area contributed by atoms with Crippen molar-refractivity contribution in [2.45, 2.75) is 25.4 Å². The van der Waals surface area contributed by atoms with Crippen LogP contribution < -0.4 is 0 Å². The Balaban J connectivity index is 1.28. The number of aliphatic imine (C=N–C) groups is 2. The van der Waals surface area contributed by atoms with E-state index in [9.17, 15) is 8.78 Å². The molecule has 5 aromatic rings. The first-order valence-electron chi connectivity index (χ1n) is 13.3. The Morgan fingerprint density at radius 1 is 0.951 bits per heavy atom. The van der Waals surface area contributed by atoms with Gasteiger partial charge in [0.25, 0.3) is 5.92 Å². The van der Waals surface area contributed by atoms with Gasteiger partial charge in [-0.3, -0.25) is 19.9 Å². The molecule has 0 amide bonds. The van der Waals surface area contributed by atoms with Crippen molar-refractivity contribution >= 4 is 23.1 Å². The molecule has 2 aliphatic rings. The van der Waals surface area contributed by atoms with E-state index < -0.39 is 11.7 Å². The van der Waals surface area contributed by atoms with Gasteiger partial charge in [0.2, 0.25) is 0 Å². The Kier molecular flexibility index (Phi) is 6.19. The molecule has 1 fully saturated rings. The van der Waals surface area contributed by atoms with E-state index in [-0.39, 0.29) is 19.5 Å². The van der Waals surface area contributed by atoms with Crippen LogP contribution in [0.25, 0.3) is 33.3 Å². The fraction of sp³-hybridized carbons (Fsp3) is 0.194. The van der Waals surface area contributed by atoms with Crippen LogP contribution in [0.4, 0.5) is 13.2 Å². The number of hydrogen-bond donors (Lipinski definition) is 1. The van der Waals surface area contributed by atoms with Gasteiger partial charge in [-0.25, -0.2) is 23.1 Å². The van der Waals surface area contributed by atoms with Gasteiger partial charge in [0.1, 0.15) is 17.9 Å². The lowest BCUT2D eigenvalue weighted by atomic mass is 9.95. The van der Waals surface area contributed by atoms with Crippen LogP contribution in [0.2, 0.25) is 0 Å². The summed E-state index contributed by atoms with van der Waals surface area (Å²) in [5.41, 5.74) is 6.29. The van der Waals surface area contributed by atoms with Gasteiger partial charge in [0.05, 0.1) is 24.1 Å². The molecule has 7 nitrogen and oxygen atoms in total. The quantitative estimate of drug-likeness (QED) is 0.289. The molecule has 0 bridgehead atoms. The molecule has 41 heavy (non-hydrogen) atoms. The Bertz CT molecular complexity index is 1830. The topological polar surface area (TPSA) is 82.4 Å². The van der Waals surface area contributed by atoms with Crippen molar-refractivity contribution in [3.63, 3.8) is 0 Å². The Morgan fingerprint density at radius 3 is 2.68 bits per heavy atom. The number of alkyl halides is 2. The number of fused-ring (bicyclic) bond motifs is 2. The van der Waals surface area contributed by atoms with E-state index in [4.69, 9.17) is 4.98 Å². The highest BCUT2D eigenvalue weighted by Gasteiger charge is 2.38. The van der Waals surface area contributed by atoms with Crippen molar-refractivity contribution in [1.29, 1.82) is 0 Å². The smallest absolute Gasteiger partial charge is 0.261 e. The largest absolute Gasteiger partial charge is 0.337 e. The molecule has 204 valence electrons. The van der Waals surface area contributed by atoms with Crippen LogP contribution in [0, 0.1) is 5.82 Å². The number of aromatic nitrogens is 4. The predicted molar refractivity (Wildman–Crippen MR) is 152 cm³/mol. The molecule has 2 aliphatic heterocycles. The second-order valence-electron chi connectivity index (χ2n) is 10.3. The van der Waals surface area contributed by atoms with Gasteiger partial charge in [-0.2, -0.15) is 0 Å².